The molecule has 1 aromatic carbocycles. The standard InChI is InChI=1S/C20H26N4O5S/c25-20(22-9-14-30(26,27)24-10-12-28-13-11-24)23-15-17-4-6-19(7-5-17)29-16-18-3-1-2-8-21-18/h1-8H,9-16H2,(H2,22,23,25). The molecular formula is C20H26N4O5S. The third-order valence-electron chi connectivity index (χ3n) is 4.50. The van der Waals surface area contributed by atoms with E-state index in [-0.39, 0.29) is 12.3 Å². The molecule has 1 aromatic heterocycles. The second-order valence-corrected chi connectivity index (χ2v) is 8.78. The number of hydrogen-bond acceptors (Lipinski definition) is 6. The number of urea groups is 1. The summed E-state index contributed by atoms with van der Waals surface area (Å²) in [4.78, 5) is 16.1. The van der Waals surface area contributed by atoms with Gasteiger partial charge in [-0.05, 0) is 29.8 Å². The number of amides is 2. The zero-order valence-corrected chi connectivity index (χ0v) is 17.4. The van der Waals surface area contributed by atoms with Crippen molar-refractivity contribution in [1.29, 1.82) is 0 Å². The van der Waals surface area contributed by atoms with E-state index >= 15 is 0 Å². The van der Waals surface area contributed by atoms with Gasteiger partial charge in [-0.25, -0.2) is 13.2 Å². The summed E-state index contributed by atoms with van der Waals surface area (Å²) >= 11 is 0. The fourth-order valence-corrected chi connectivity index (χ4v) is 4.16. The summed E-state index contributed by atoms with van der Waals surface area (Å²) in [6.07, 6.45) is 1.72. The van der Waals surface area contributed by atoms with Gasteiger partial charge in [-0.2, -0.15) is 4.31 Å². The predicted octanol–water partition coefficient (Wildman–Crippen LogP) is 1.12. The summed E-state index contributed by atoms with van der Waals surface area (Å²) in [7, 11) is -3.38. The molecule has 1 fully saturated rings. The van der Waals surface area contributed by atoms with Crippen LogP contribution in [0.2, 0.25) is 0 Å². The first-order valence-electron chi connectivity index (χ1n) is 9.72. The lowest BCUT2D eigenvalue weighted by atomic mass is 10.2. The smallest absolute Gasteiger partial charge is 0.315 e. The molecule has 2 amide bonds. The SMILES string of the molecule is O=C(NCCS(=O)(=O)N1CCOCC1)NCc1ccc(OCc2ccccn2)cc1. The van der Waals surface area contributed by atoms with Crippen LogP contribution in [-0.4, -0.2) is 62.3 Å². The first-order chi connectivity index (χ1) is 14.5. The van der Waals surface area contributed by atoms with E-state index < -0.39 is 16.1 Å². The van der Waals surface area contributed by atoms with E-state index in [9.17, 15) is 13.2 Å². The summed E-state index contributed by atoms with van der Waals surface area (Å²) in [6, 6.07) is 12.6. The topological polar surface area (TPSA) is 110 Å². The van der Waals surface area contributed by atoms with Gasteiger partial charge in [0.1, 0.15) is 12.4 Å². The van der Waals surface area contributed by atoms with E-state index in [1.54, 1.807) is 6.20 Å². The largest absolute Gasteiger partial charge is 0.487 e. The minimum atomic E-state index is -3.38. The maximum Gasteiger partial charge on any atom is 0.315 e. The van der Waals surface area contributed by atoms with Crippen molar-refractivity contribution in [3.63, 3.8) is 0 Å². The lowest BCUT2D eigenvalue weighted by Gasteiger charge is -2.26. The highest BCUT2D eigenvalue weighted by atomic mass is 32.2. The molecule has 162 valence electrons. The van der Waals surface area contributed by atoms with E-state index in [4.69, 9.17) is 9.47 Å². The van der Waals surface area contributed by atoms with Crippen LogP contribution in [0.4, 0.5) is 4.79 Å². The van der Waals surface area contributed by atoms with Crippen molar-refractivity contribution in [2.45, 2.75) is 13.2 Å². The average Bonchev–Trinajstić information content (AvgIpc) is 2.78. The van der Waals surface area contributed by atoms with Crippen molar-refractivity contribution >= 4 is 16.1 Å². The van der Waals surface area contributed by atoms with Gasteiger partial charge in [0.05, 0.1) is 24.7 Å². The molecule has 2 aromatic rings. The molecule has 30 heavy (non-hydrogen) atoms. The van der Waals surface area contributed by atoms with Gasteiger partial charge in [-0.3, -0.25) is 4.98 Å². The Labute approximate surface area is 176 Å². The van der Waals surface area contributed by atoms with Crippen molar-refractivity contribution in [1.82, 2.24) is 19.9 Å². The zero-order valence-electron chi connectivity index (χ0n) is 16.6. The van der Waals surface area contributed by atoms with E-state index in [1.165, 1.54) is 4.31 Å². The number of nitrogens with one attached hydrogen (secondary N) is 2. The predicted molar refractivity (Wildman–Crippen MR) is 111 cm³/mol. The lowest BCUT2D eigenvalue weighted by molar-refractivity contribution is 0.0730. The Morgan fingerprint density at radius 3 is 2.57 bits per heavy atom. The van der Waals surface area contributed by atoms with Gasteiger partial charge < -0.3 is 20.1 Å². The fourth-order valence-electron chi connectivity index (χ4n) is 2.84. The molecule has 1 aliphatic rings. The van der Waals surface area contributed by atoms with Crippen LogP contribution in [0.25, 0.3) is 0 Å². The number of ether oxygens (including phenoxy) is 2. The number of hydrogen-bond donors (Lipinski definition) is 2. The van der Waals surface area contributed by atoms with Gasteiger partial charge in [-0.15, -0.1) is 0 Å². The second-order valence-electron chi connectivity index (χ2n) is 6.69. The van der Waals surface area contributed by atoms with E-state index in [2.05, 4.69) is 15.6 Å². The van der Waals surface area contributed by atoms with E-state index in [0.717, 1.165) is 11.3 Å². The van der Waals surface area contributed by atoms with Gasteiger partial charge in [0.25, 0.3) is 0 Å². The van der Waals surface area contributed by atoms with E-state index in [0.29, 0.717) is 45.2 Å². The Hall–Kier alpha value is -2.69. The Balaban J connectivity index is 1.35. The molecule has 0 radical (unpaired) electrons. The van der Waals surface area contributed by atoms with Crippen LogP contribution < -0.4 is 15.4 Å². The normalized spacial score (nSPS) is 14.8. The molecule has 1 aliphatic heterocycles. The Morgan fingerprint density at radius 2 is 1.87 bits per heavy atom. The molecule has 0 saturated carbocycles. The number of pyridine rings is 1. The van der Waals surface area contributed by atoms with Gasteiger partial charge >= 0.3 is 6.03 Å². The highest BCUT2D eigenvalue weighted by Gasteiger charge is 2.23. The first-order valence-corrected chi connectivity index (χ1v) is 11.3. The molecule has 0 aliphatic carbocycles. The quantitative estimate of drug-likeness (QED) is 0.612. The van der Waals surface area contributed by atoms with Crippen LogP contribution in [0.3, 0.4) is 0 Å². The molecular weight excluding hydrogens is 408 g/mol. The minimum Gasteiger partial charge on any atom is -0.487 e. The van der Waals surface area contributed by atoms with Gasteiger partial charge in [0.15, 0.2) is 0 Å². The molecule has 0 unspecified atom stereocenters. The highest BCUT2D eigenvalue weighted by Crippen LogP contribution is 2.13. The van der Waals surface area contributed by atoms with Crippen molar-refractivity contribution in [3.05, 3.63) is 59.9 Å². The van der Waals surface area contributed by atoms with Crippen molar-refractivity contribution in [2.24, 2.45) is 0 Å². The second kappa shape index (κ2) is 10.9. The Kier molecular flexibility index (Phi) is 8.00. The fraction of sp³-hybridized carbons (Fsp3) is 0.400. The number of carbonyl (C=O) groups excluding carboxylic acids is 1. The number of carbonyl (C=O) groups is 1. The number of benzene rings is 1. The van der Waals surface area contributed by atoms with E-state index in [1.807, 2.05) is 42.5 Å². The lowest BCUT2D eigenvalue weighted by Crippen LogP contribution is -2.44. The molecule has 1 saturated heterocycles. The number of rotatable bonds is 9. The zero-order chi connectivity index (χ0) is 21.2. The molecule has 10 heteroatoms. The number of nitrogens with zero attached hydrogens (tertiary/aromatic N) is 2. The number of aromatic nitrogens is 1. The van der Waals surface area contributed by atoms with Crippen LogP contribution in [0.1, 0.15) is 11.3 Å². The summed E-state index contributed by atoms with van der Waals surface area (Å²) in [6.45, 7) is 2.27. The van der Waals surface area contributed by atoms with Gasteiger partial charge in [-0.1, -0.05) is 18.2 Å². The molecule has 0 spiro atoms. The molecule has 9 nitrogen and oxygen atoms in total. The Morgan fingerprint density at radius 1 is 1.10 bits per heavy atom. The Bertz CT molecular complexity index is 901. The minimum absolute atomic E-state index is 0.0474. The maximum atomic E-state index is 12.2. The van der Waals surface area contributed by atoms with Crippen molar-refractivity contribution in [3.8, 4) is 5.75 Å². The van der Waals surface area contributed by atoms with Gasteiger partial charge in [0, 0.05) is 32.4 Å². The number of sulfonamides is 1. The molecule has 2 N–H and O–H groups in total. The summed E-state index contributed by atoms with van der Waals surface area (Å²) < 4.78 is 36.6. The van der Waals surface area contributed by atoms with Crippen LogP contribution in [0.15, 0.2) is 48.7 Å². The van der Waals surface area contributed by atoms with Crippen LogP contribution in [0.5, 0.6) is 5.75 Å². The van der Waals surface area contributed by atoms with Crippen molar-refractivity contribution in [2.75, 3.05) is 38.6 Å². The molecule has 2 heterocycles. The third kappa shape index (κ3) is 6.97. The van der Waals surface area contributed by atoms with Crippen LogP contribution in [0, 0.1) is 0 Å². The third-order valence-corrected chi connectivity index (χ3v) is 6.37. The highest BCUT2D eigenvalue weighted by molar-refractivity contribution is 7.89. The summed E-state index contributed by atoms with van der Waals surface area (Å²) in [5.74, 6) is 0.574. The molecule has 0 bridgehead atoms. The van der Waals surface area contributed by atoms with Crippen LogP contribution in [-0.2, 0) is 27.9 Å². The van der Waals surface area contributed by atoms with Gasteiger partial charge in [0.2, 0.25) is 10.0 Å². The maximum absolute atomic E-state index is 12.2. The average molecular weight is 435 g/mol. The van der Waals surface area contributed by atoms with Crippen molar-refractivity contribution < 1.29 is 22.7 Å². The van der Waals surface area contributed by atoms with Crippen LogP contribution >= 0.6 is 0 Å². The molecule has 0 atom stereocenters. The summed E-state index contributed by atoms with van der Waals surface area (Å²) in [5, 5.41) is 5.29. The first kappa shape index (κ1) is 22.0. The number of morpholine rings is 1. The molecule has 3 rings (SSSR count). The monoisotopic (exact) mass is 434 g/mol. The summed E-state index contributed by atoms with van der Waals surface area (Å²) in [5.41, 5.74) is 1.74.